The van der Waals surface area contributed by atoms with Gasteiger partial charge in [-0.25, -0.2) is 0 Å². The topological polar surface area (TPSA) is 3.24 Å². The molecule has 3 aliphatic rings. The number of anilines is 3. The molecule has 296 valence electrons. The first-order valence-corrected chi connectivity index (χ1v) is 22.0. The number of hydrogen-bond donors (Lipinski definition) is 0. The van der Waals surface area contributed by atoms with Crippen LogP contribution >= 0.6 is 0 Å². The molecule has 0 amide bonds. The number of fused-ring (bicyclic) bond motifs is 9. The fourth-order valence-corrected chi connectivity index (χ4v) is 11.8. The van der Waals surface area contributed by atoms with Crippen LogP contribution in [0.25, 0.3) is 44.5 Å². The molecule has 0 radical (unpaired) electrons. The van der Waals surface area contributed by atoms with E-state index in [9.17, 15) is 0 Å². The Morgan fingerprint density at radius 3 is 1.48 bits per heavy atom. The summed E-state index contributed by atoms with van der Waals surface area (Å²) in [5.74, 6) is 0. The Morgan fingerprint density at radius 1 is 0.323 bits per heavy atom. The normalized spacial score (nSPS) is 15.2. The molecule has 0 atom stereocenters. The SMILES string of the molecule is CC1(C)c2ccccc2-c2ccc(N(c3ccc(-c4cccc5c4C(C)(C)c4ccccc4-5)cc3)c3cccc4c3-c3ccccc3C4(c3ccccc3)c3ccccc3)cc21. The van der Waals surface area contributed by atoms with Gasteiger partial charge in [-0.05, 0) is 114 Å². The van der Waals surface area contributed by atoms with Crippen molar-refractivity contribution in [2.75, 3.05) is 4.90 Å². The first kappa shape index (κ1) is 36.6. The average Bonchev–Trinajstić information content (AvgIpc) is 3.85. The molecule has 1 nitrogen and oxygen atoms in total. The van der Waals surface area contributed by atoms with E-state index in [0.717, 1.165) is 11.4 Å². The van der Waals surface area contributed by atoms with E-state index in [1.54, 1.807) is 0 Å². The van der Waals surface area contributed by atoms with Crippen molar-refractivity contribution in [3.8, 4) is 44.5 Å². The molecule has 0 spiro atoms. The standard InChI is InChI=1S/C61H47N/c1-59(2)51-28-14-11-23-46(51)48-38-37-44(39-55(48)59)62(43-35-33-40(34-36-43)45-26-17-27-49-47-24-12-15-29-52(47)60(3,4)58(45)49)56-32-18-31-54-57(56)50-25-13-16-30-53(50)61(54,41-19-7-5-8-20-41)42-21-9-6-10-22-42/h5-39H,1-4H3. The van der Waals surface area contributed by atoms with E-state index in [1.807, 2.05) is 0 Å². The molecule has 0 saturated carbocycles. The maximum Gasteiger partial charge on any atom is 0.0714 e. The Bertz CT molecular complexity index is 3180. The molecule has 0 fully saturated rings. The Hall–Kier alpha value is -7.22. The lowest BCUT2D eigenvalue weighted by Gasteiger charge is -2.34. The number of rotatable bonds is 6. The van der Waals surface area contributed by atoms with Gasteiger partial charge in [0.2, 0.25) is 0 Å². The van der Waals surface area contributed by atoms with E-state index in [-0.39, 0.29) is 10.8 Å². The number of hydrogen-bond acceptors (Lipinski definition) is 1. The van der Waals surface area contributed by atoms with Crippen LogP contribution < -0.4 is 4.90 Å². The first-order chi connectivity index (χ1) is 30.3. The number of benzene rings is 9. The Kier molecular flexibility index (Phi) is 7.91. The van der Waals surface area contributed by atoms with Crippen LogP contribution in [0.3, 0.4) is 0 Å². The maximum atomic E-state index is 2.53. The predicted molar refractivity (Wildman–Crippen MR) is 259 cm³/mol. The summed E-state index contributed by atoms with van der Waals surface area (Å²) in [6, 6.07) is 79.6. The highest BCUT2D eigenvalue weighted by atomic mass is 15.1. The minimum atomic E-state index is -0.500. The lowest BCUT2D eigenvalue weighted by Crippen LogP contribution is -2.28. The minimum Gasteiger partial charge on any atom is -0.310 e. The Balaban J connectivity index is 1.09. The summed E-state index contributed by atoms with van der Waals surface area (Å²) in [6.07, 6.45) is 0. The van der Waals surface area contributed by atoms with Crippen LogP contribution in [0.4, 0.5) is 17.1 Å². The van der Waals surface area contributed by atoms with Crippen molar-refractivity contribution in [1.29, 1.82) is 0 Å². The molecule has 9 aromatic rings. The van der Waals surface area contributed by atoms with Crippen molar-refractivity contribution in [2.24, 2.45) is 0 Å². The Labute approximate surface area is 365 Å². The monoisotopic (exact) mass is 793 g/mol. The summed E-state index contributed by atoms with van der Waals surface area (Å²) in [6.45, 7) is 9.51. The quantitative estimate of drug-likeness (QED) is 0.162. The summed E-state index contributed by atoms with van der Waals surface area (Å²) in [4.78, 5) is 2.53. The molecule has 62 heavy (non-hydrogen) atoms. The highest BCUT2D eigenvalue weighted by molar-refractivity contribution is 5.98. The second-order valence-electron chi connectivity index (χ2n) is 18.4. The van der Waals surface area contributed by atoms with E-state index in [2.05, 4.69) is 245 Å². The van der Waals surface area contributed by atoms with Gasteiger partial charge in [0.25, 0.3) is 0 Å². The molecule has 12 rings (SSSR count). The largest absolute Gasteiger partial charge is 0.310 e. The zero-order valence-corrected chi connectivity index (χ0v) is 35.7. The average molecular weight is 794 g/mol. The number of nitrogens with zero attached hydrogens (tertiary/aromatic N) is 1. The molecular formula is C61H47N. The molecule has 0 aliphatic heterocycles. The zero-order chi connectivity index (χ0) is 41.8. The van der Waals surface area contributed by atoms with Gasteiger partial charge in [-0.2, -0.15) is 0 Å². The van der Waals surface area contributed by atoms with E-state index in [4.69, 9.17) is 0 Å². The summed E-state index contributed by atoms with van der Waals surface area (Å²) in [5.41, 5.74) is 23.8. The summed E-state index contributed by atoms with van der Waals surface area (Å²) in [7, 11) is 0. The van der Waals surface area contributed by atoms with Crippen molar-refractivity contribution in [3.05, 3.63) is 257 Å². The van der Waals surface area contributed by atoms with Gasteiger partial charge < -0.3 is 4.90 Å². The lowest BCUT2D eigenvalue weighted by atomic mass is 9.68. The molecule has 0 bridgehead atoms. The molecule has 0 saturated heterocycles. The van der Waals surface area contributed by atoms with Crippen LogP contribution in [0, 0.1) is 0 Å². The highest BCUT2D eigenvalue weighted by Gasteiger charge is 2.47. The smallest absolute Gasteiger partial charge is 0.0714 e. The highest BCUT2D eigenvalue weighted by Crippen LogP contribution is 2.60. The van der Waals surface area contributed by atoms with Gasteiger partial charge in [0.15, 0.2) is 0 Å². The van der Waals surface area contributed by atoms with E-state index >= 15 is 0 Å². The van der Waals surface area contributed by atoms with Crippen molar-refractivity contribution in [1.82, 2.24) is 0 Å². The summed E-state index contributed by atoms with van der Waals surface area (Å²) >= 11 is 0. The third-order valence-electron chi connectivity index (χ3n) is 14.5. The van der Waals surface area contributed by atoms with Gasteiger partial charge in [0, 0.05) is 27.8 Å². The molecule has 1 heteroatoms. The second kappa shape index (κ2) is 13.4. The van der Waals surface area contributed by atoms with Crippen molar-refractivity contribution in [3.63, 3.8) is 0 Å². The summed E-state index contributed by atoms with van der Waals surface area (Å²) in [5, 5.41) is 0. The third kappa shape index (κ3) is 4.97. The van der Waals surface area contributed by atoms with Gasteiger partial charge in [0.05, 0.1) is 11.1 Å². The van der Waals surface area contributed by atoms with Crippen LogP contribution in [0.5, 0.6) is 0 Å². The Morgan fingerprint density at radius 2 is 0.806 bits per heavy atom. The first-order valence-electron chi connectivity index (χ1n) is 22.0. The van der Waals surface area contributed by atoms with Gasteiger partial charge >= 0.3 is 0 Å². The zero-order valence-electron chi connectivity index (χ0n) is 35.7. The van der Waals surface area contributed by atoms with Crippen LogP contribution in [-0.4, -0.2) is 0 Å². The van der Waals surface area contributed by atoms with Gasteiger partial charge in [0.1, 0.15) is 0 Å². The van der Waals surface area contributed by atoms with Gasteiger partial charge in [-0.15, -0.1) is 0 Å². The predicted octanol–water partition coefficient (Wildman–Crippen LogP) is 15.8. The molecule has 0 heterocycles. The van der Waals surface area contributed by atoms with Crippen LogP contribution in [0.15, 0.2) is 212 Å². The summed E-state index contributed by atoms with van der Waals surface area (Å²) < 4.78 is 0. The molecular weight excluding hydrogens is 747 g/mol. The van der Waals surface area contributed by atoms with E-state index in [1.165, 1.54) is 94.7 Å². The van der Waals surface area contributed by atoms with Crippen molar-refractivity contribution >= 4 is 17.1 Å². The molecule has 3 aliphatic carbocycles. The maximum absolute atomic E-state index is 2.53. The minimum absolute atomic E-state index is 0.107. The molecule has 0 aromatic heterocycles. The van der Waals surface area contributed by atoms with Crippen molar-refractivity contribution < 1.29 is 0 Å². The molecule has 9 aromatic carbocycles. The van der Waals surface area contributed by atoms with E-state index < -0.39 is 5.41 Å². The van der Waals surface area contributed by atoms with Gasteiger partial charge in [-0.3, -0.25) is 0 Å². The van der Waals surface area contributed by atoms with Crippen LogP contribution in [0.1, 0.15) is 72.2 Å². The van der Waals surface area contributed by atoms with E-state index in [0.29, 0.717) is 0 Å². The van der Waals surface area contributed by atoms with Crippen LogP contribution in [-0.2, 0) is 16.2 Å². The lowest BCUT2D eigenvalue weighted by molar-refractivity contribution is 0.660. The third-order valence-corrected chi connectivity index (χ3v) is 14.5. The van der Waals surface area contributed by atoms with Gasteiger partial charge in [-0.1, -0.05) is 210 Å². The van der Waals surface area contributed by atoms with Crippen LogP contribution in [0.2, 0.25) is 0 Å². The fourth-order valence-electron chi connectivity index (χ4n) is 11.8. The molecule has 0 N–H and O–H groups in total. The fraction of sp³-hybridized carbons (Fsp3) is 0.115. The van der Waals surface area contributed by atoms with Crippen molar-refractivity contribution in [2.45, 2.75) is 43.9 Å². The molecule has 0 unspecified atom stereocenters. The second-order valence-corrected chi connectivity index (χ2v) is 18.4.